The minimum absolute atomic E-state index is 0.167. The molecule has 0 aliphatic heterocycles. The molecule has 1 heterocycles. The Morgan fingerprint density at radius 2 is 1.76 bits per heavy atom. The molecule has 2 rings (SSSR count). The summed E-state index contributed by atoms with van der Waals surface area (Å²) in [6.07, 6.45) is -0.523. The molecule has 0 bridgehead atoms. The van der Waals surface area contributed by atoms with Crippen molar-refractivity contribution in [1.29, 1.82) is 0 Å². The van der Waals surface area contributed by atoms with Crippen LogP contribution in [0.2, 0.25) is 0 Å². The Labute approximate surface area is 102 Å². The van der Waals surface area contributed by atoms with Gasteiger partial charge in [-0.1, -0.05) is 33.8 Å². The van der Waals surface area contributed by atoms with Crippen molar-refractivity contribution in [2.75, 3.05) is 0 Å². The molecule has 92 valence electrons. The van der Waals surface area contributed by atoms with Crippen molar-refractivity contribution in [3.8, 4) is 0 Å². The molecule has 0 amide bonds. The smallest absolute Gasteiger partial charge is 0.134 e. The lowest BCUT2D eigenvalue weighted by molar-refractivity contribution is 0.104. The van der Waals surface area contributed by atoms with Gasteiger partial charge in [-0.25, -0.2) is 0 Å². The second-order valence-electron chi connectivity index (χ2n) is 5.29. The van der Waals surface area contributed by atoms with Gasteiger partial charge < -0.3 is 9.52 Å². The van der Waals surface area contributed by atoms with Crippen molar-refractivity contribution in [2.24, 2.45) is 5.92 Å². The van der Waals surface area contributed by atoms with Crippen LogP contribution in [0, 0.1) is 5.92 Å². The molecule has 1 atom stereocenters. The van der Waals surface area contributed by atoms with Crippen molar-refractivity contribution in [3.05, 3.63) is 35.6 Å². The molecule has 0 spiro atoms. The Balaban J connectivity index is 2.43. The fourth-order valence-corrected chi connectivity index (χ4v) is 1.92. The van der Waals surface area contributed by atoms with E-state index in [4.69, 9.17) is 4.42 Å². The van der Waals surface area contributed by atoms with Crippen molar-refractivity contribution >= 4 is 11.0 Å². The minimum Gasteiger partial charge on any atom is -0.458 e. The Bertz CT molecular complexity index is 509. The lowest BCUT2D eigenvalue weighted by Crippen LogP contribution is -2.03. The molecule has 0 saturated heterocycles. The quantitative estimate of drug-likeness (QED) is 0.858. The third-order valence-electron chi connectivity index (χ3n) is 3.15. The molecular formula is C15H20O2. The zero-order valence-electron chi connectivity index (χ0n) is 10.9. The summed E-state index contributed by atoms with van der Waals surface area (Å²) in [6, 6.07) is 8.16. The van der Waals surface area contributed by atoms with Gasteiger partial charge >= 0.3 is 0 Å². The molecule has 1 unspecified atom stereocenters. The van der Waals surface area contributed by atoms with Crippen molar-refractivity contribution in [3.63, 3.8) is 0 Å². The van der Waals surface area contributed by atoms with Crippen LogP contribution in [0.1, 0.15) is 51.0 Å². The van der Waals surface area contributed by atoms with Gasteiger partial charge in [-0.15, -0.1) is 0 Å². The molecule has 0 radical (unpaired) electrons. The van der Waals surface area contributed by atoms with Crippen molar-refractivity contribution in [2.45, 2.75) is 39.7 Å². The number of furan rings is 1. The summed E-state index contributed by atoms with van der Waals surface area (Å²) >= 11 is 0. The standard InChI is InChI=1S/C15H20O2/c1-9(2)11-5-6-13-12(7-11)8-14(17-13)15(16)10(3)4/h5-10,15-16H,1-4H3. The van der Waals surface area contributed by atoms with E-state index in [1.165, 1.54) is 5.56 Å². The third kappa shape index (κ3) is 2.37. The molecule has 1 aromatic heterocycles. The summed E-state index contributed by atoms with van der Waals surface area (Å²) in [4.78, 5) is 0. The van der Waals surface area contributed by atoms with Crippen LogP contribution in [0.5, 0.6) is 0 Å². The fraction of sp³-hybridized carbons (Fsp3) is 0.467. The molecule has 1 N–H and O–H groups in total. The number of aliphatic hydroxyl groups excluding tert-OH is 1. The zero-order chi connectivity index (χ0) is 12.6. The van der Waals surface area contributed by atoms with Crippen molar-refractivity contribution in [1.82, 2.24) is 0 Å². The van der Waals surface area contributed by atoms with Crippen LogP contribution in [0.4, 0.5) is 0 Å². The molecule has 2 heteroatoms. The SMILES string of the molecule is CC(C)c1ccc2oc(C(O)C(C)C)cc2c1. The van der Waals surface area contributed by atoms with E-state index < -0.39 is 6.10 Å². The average molecular weight is 232 g/mol. The highest BCUT2D eigenvalue weighted by atomic mass is 16.4. The highest BCUT2D eigenvalue weighted by Gasteiger charge is 2.17. The molecule has 0 fully saturated rings. The molecule has 17 heavy (non-hydrogen) atoms. The maximum atomic E-state index is 9.98. The summed E-state index contributed by atoms with van der Waals surface area (Å²) in [5.41, 5.74) is 2.15. The topological polar surface area (TPSA) is 33.4 Å². The number of rotatable bonds is 3. The van der Waals surface area contributed by atoms with E-state index in [9.17, 15) is 5.11 Å². The van der Waals surface area contributed by atoms with Gasteiger partial charge in [-0.3, -0.25) is 0 Å². The van der Waals surface area contributed by atoms with Gasteiger partial charge in [0, 0.05) is 5.39 Å². The van der Waals surface area contributed by atoms with E-state index >= 15 is 0 Å². The van der Waals surface area contributed by atoms with Crippen molar-refractivity contribution < 1.29 is 9.52 Å². The van der Waals surface area contributed by atoms with Crippen LogP contribution in [-0.4, -0.2) is 5.11 Å². The number of aliphatic hydroxyl groups is 1. The Kier molecular flexibility index (Phi) is 3.25. The highest BCUT2D eigenvalue weighted by Crippen LogP contribution is 2.29. The van der Waals surface area contributed by atoms with Crippen LogP contribution in [0.25, 0.3) is 11.0 Å². The first-order valence-electron chi connectivity index (χ1n) is 6.20. The molecule has 0 aliphatic carbocycles. The third-order valence-corrected chi connectivity index (χ3v) is 3.15. The summed E-state index contributed by atoms with van der Waals surface area (Å²) in [5.74, 6) is 1.34. The predicted octanol–water partition coefficient (Wildman–Crippen LogP) is 4.25. The highest BCUT2D eigenvalue weighted by molar-refractivity contribution is 5.79. The van der Waals surface area contributed by atoms with E-state index in [1.54, 1.807) is 0 Å². The monoisotopic (exact) mass is 232 g/mol. The van der Waals surface area contributed by atoms with Crippen LogP contribution in [0.3, 0.4) is 0 Å². The molecule has 2 aromatic rings. The molecule has 1 aromatic carbocycles. The zero-order valence-corrected chi connectivity index (χ0v) is 10.9. The average Bonchev–Trinajstić information content (AvgIpc) is 2.69. The maximum absolute atomic E-state index is 9.98. The first-order chi connectivity index (χ1) is 7.99. The van der Waals surface area contributed by atoms with Gasteiger partial charge in [0.25, 0.3) is 0 Å². The molecular weight excluding hydrogens is 212 g/mol. The first-order valence-corrected chi connectivity index (χ1v) is 6.20. The van der Waals surface area contributed by atoms with E-state index in [1.807, 2.05) is 26.0 Å². The number of hydrogen-bond donors (Lipinski definition) is 1. The normalized spacial score (nSPS) is 13.8. The lowest BCUT2D eigenvalue weighted by Gasteiger charge is -2.10. The van der Waals surface area contributed by atoms with Gasteiger partial charge in [-0.2, -0.15) is 0 Å². The van der Waals surface area contributed by atoms with Gasteiger partial charge in [0.1, 0.15) is 17.4 Å². The second kappa shape index (κ2) is 4.53. The minimum atomic E-state index is -0.523. The van der Waals surface area contributed by atoms with Gasteiger partial charge in [-0.05, 0) is 35.6 Å². The molecule has 2 nitrogen and oxygen atoms in total. The summed E-state index contributed by atoms with van der Waals surface area (Å²) in [5, 5.41) is 11.1. The first kappa shape index (κ1) is 12.2. The Morgan fingerprint density at radius 3 is 2.35 bits per heavy atom. The van der Waals surface area contributed by atoms with E-state index in [0.29, 0.717) is 11.7 Å². The van der Waals surface area contributed by atoms with Crippen LogP contribution >= 0.6 is 0 Å². The van der Waals surface area contributed by atoms with E-state index in [0.717, 1.165) is 11.0 Å². The summed E-state index contributed by atoms with van der Waals surface area (Å²) in [7, 11) is 0. The van der Waals surface area contributed by atoms with E-state index in [-0.39, 0.29) is 5.92 Å². The van der Waals surface area contributed by atoms with Crippen LogP contribution in [-0.2, 0) is 0 Å². The van der Waals surface area contributed by atoms with Gasteiger partial charge in [0.15, 0.2) is 0 Å². The fourth-order valence-electron chi connectivity index (χ4n) is 1.92. The van der Waals surface area contributed by atoms with Crippen LogP contribution < -0.4 is 0 Å². The number of hydrogen-bond acceptors (Lipinski definition) is 2. The van der Waals surface area contributed by atoms with Crippen LogP contribution in [0.15, 0.2) is 28.7 Å². The Morgan fingerprint density at radius 1 is 1.06 bits per heavy atom. The lowest BCUT2D eigenvalue weighted by atomic mass is 10.0. The largest absolute Gasteiger partial charge is 0.458 e. The number of benzene rings is 1. The summed E-state index contributed by atoms with van der Waals surface area (Å²) in [6.45, 7) is 8.31. The Hall–Kier alpha value is -1.28. The molecule has 0 saturated carbocycles. The molecule has 0 aliphatic rings. The van der Waals surface area contributed by atoms with Gasteiger partial charge in [0.2, 0.25) is 0 Å². The summed E-state index contributed by atoms with van der Waals surface area (Å²) < 4.78 is 5.68. The van der Waals surface area contributed by atoms with Gasteiger partial charge in [0.05, 0.1) is 0 Å². The second-order valence-corrected chi connectivity index (χ2v) is 5.29. The predicted molar refractivity (Wildman–Crippen MR) is 70.1 cm³/mol. The number of fused-ring (bicyclic) bond motifs is 1. The van der Waals surface area contributed by atoms with E-state index in [2.05, 4.69) is 26.0 Å². The maximum Gasteiger partial charge on any atom is 0.134 e.